The molecule has 0 spiro atoms. The molecular formula is C18H24N2O3S. The van der Waals surface area contributed by atoms with Crippen molar-refractivity contribution < 1.29 is 14.2 Å². The van der Waals surface area contributed by atoms with Crippen LogP contribution in [0.15, 0.2) is 23.6 Å². The lowest BCUT2D eigenvalue weighted by atomic mass is 10.2. The first-order valence-electron chi connectivity index (χ1n) is 8.26. The van der Waals surface area contributed by atoms with Gasteiger partial charge in [-0.15, -0.1) is 11.3 Å². The van der Waals surface area contributed by atoms with Gasteiger partial charge >= 0.3 is 0 Å². The number of methoxy groups -OCH3 is 1. The summed E-state index contributed by atoms with van der Waals surface area (Å²) >= 11 is 1.62. The Morgan fingerprint density at radius 2 is 2.33 bits per heavy atom. The highest BCUT2D eigenvalue weighted by Gasteiger charge is 2.17. The molecule has 1 unspecified atom stereocenters. The quantitative estimate of drug-likeness (QED) is 0.787. The molecule has 2 heterocycles. The maximum atomic E-state index is 6.01. The van der Waals surface area contributed by atoms with Crippen molar-refractivity contribution in [3.05, 3.63) is 39.8 Å². The smallest absolute Gasteiger partial charge is 0.142 e. The molecule has 24 heavy (non-hydrogen) atoms. The van der Waals surface area contributed by atoms with Crippen LogP contribution in [0.3, 0.4) is 0 Å². The fourth-order valence-corrected chi connectivity index (χ4v) is 3.42. The maximum Gasteiger partial charge on any atom is 0.142 e. The van der Waals surface area contributed by atoms with Gasteiger partial charge in [-0.25, -0.2) is 4.98 Å². The zero-order chi connectivity index (χ0) is 16.8. The minimum atomic E-state index is 0.216. The van der Waals surface area contributed by atoms with Crippen LogP contribution in [0, 0.1) is 6.92 Å². The van der Waals surface area contributed by atoms with E-state index in [1.807, 2.05) is 0 Å². The van der Waals surface area contributed by atoms with Crippen LogP contribution >= 0.6 is 11.3 Å². The van der Waals surface area contributed by atoms with Gasteiger partial charge in [0.2, 0.25) is 0 Å². The Hall–Kier alpha value is -1.63. The standard InChI is InChI=1S/C18H24N2O3S/c1-13-5-6-16(17(8-13)23-10-15-4-3-7-22-15)19-9-14-12-24-18(20-14)11-21-2/h5-6,8,12,15,19H,3-4,7,9-11H2,1-2H3. The van der Waals surface area contributed by atoms with Crippen LogP contribution in [-0.4, -0.2) is 31.4 Å². The van der Waals surface area contributed by atoms with Crippen LogP contribution in [0.1, 0.15) is 29.1 Å². The predicted molar refractivity (Wildman–Crippen MR) is 95.8 cm³/mol. The van der Waals surface area contributed by atoms with Gasteiger partial charge in [-0.05, 0) is 37.5 Å². The van der Waals surface area contributed by atoms with E-state index in [4.69, 9.17) is 14.2 Å². The van der Waals surface area contributed by atoms with Crippen molar-refractivity contribution in [2.75, 3.05) is 25.6 Å². The number of thiazole rings is 1. The number of aromatic nitrogens is 1. The highest BCUT2D eigenvalue weighted by molar-refractivity contribution is 7.09. The summed E-state index contributed by atoms with van der Waals surface area (Å²) in [6, 6.07) is 6.20. The Kier molecular flexibility index (Phi) is 6.07. The summed E-state index contributed by atoms with van der Waals surface area (Å²) in [4.78, 5) is 4.54. The third-order valence-corrected chi connectivity index (χ3v) is 4.78. The van der Waals surface area contributed by atoms with Crippen LogP contribution in [0.5, 0.6) is 5.75 Å². The molecule has 0 amide bonds. The highest BCUT2D eigenvalue weighted by atomic mass is 32.1. The molecule has 1 fully saturated rings. The SMILES string of the molecule is COCc1nc(CNc2ccc(C)cc2OCC2CCCO2)cs1. The Bertz CT molecular complexity index is 653. The summed E-state index contributed by atoms with van der Waals surface area (Å²) in [5.41, 5.74) is 3.18. The minimum absolute atomic E-state index is 0.216. The summed E-state index contributed by atoms with van der Waals surface area (Å²) in [5, 5.41) is 6.48. The second-order valence-electron chi connectivity index (χ2n) is 5.96. The van der Waals surface area contributed by atoms with E-state index in [2.05, 4.69) is 40.8 Å². The molecule has 6 heteroatoms. The molecule has 0 radical (unpaired) electrons. The van der Waals surface area contributed by atoms with Gasteiger partial charge in [0.25, 0.3) is 0 Å². The first-order valence-corrected chi connectivity index (χ1v) is 9.13. The average Bonchev–Trinajstić information content (AvgIpc) is 3.24. The van der Waals surface area contributed by atoms with Crippen molar-refractivity contribution in [3.63, 3.8) is 0 Å². The molecule has 1 N–H and O–H groups in total. The van der Waals surface area contributed by atoms with E-state index in [9.17, 15) is 0 Å². The third-order valence-electron chi connectivity index (χ3n) is 3.91. The molecular weight excluding hydrogens is 324 g/mol. The molecule has 1 aromatic heterocycles. The van der Waals surface area contributed by atoms with Gasteiger partial charge in [0.15, 0.2) is 0 Å². The fourth-order valence-electron chi connectivity index (χ4n) is 2.66. The first-order chi connectivity index (χ1) is 11.7. The number of hydrogen-bond acceptors (Lipinski definition) is 6. The molecule has 2 aromatic rings. The van der Waals surface area contributed by atoms with Gasteiger partial charge in [0, 0.05) is 19.1 Å². The van der Waals surface area contributed by atoms with Crippen molar-refractivity contribution in [3.8, 4) is 5.75 Å². The van der Waals surface area contributed by atoms with Crippen LogP contribution in [-0.2, 0) is 22.6 Å². The maximum absolute atomic E-state index is 6.01. The second kappa shape index (κ2) is 8.46. The highest BCUT2D eigenvalue weighted by Crippen LogP contribution is 2.27. The Morgan fingerprint density at radius 3 is 3.12 bits per heavy atom. The number of nitrogens with one attached hydrogen (secondary N) is 1. The number of hydrogen-bond donors (Lipinski definition) is 1. The third kappa shape index (κ3) is 4.69. The van der Waals surface area contributed by atoms with Crippen molar-refractivity contribution >= 4 is 17.0 Å². The summed E-state index contributed by atoms with van der Waals surface area (Å²) in [6.45, 7) is 4.75. The van der Waals surface area contributed by atoms with Crippen molar-refractivity contribution in [2.24, 2.45) is 0 Å². The van der Waals surface area contributed by atoms with Crippen LogP contribution < -0.4 is 10.1 Å². The van der Waals surface area contributed by atoms with E-state index in [1.54, 1.807) is 18.4 Å². The minimum Gasteiger partial charge on any atom is -0.489 e. The zero-order valence-corrected chi connectivity index (χ0v) is 15.0. The van der Waals surface area contributed by atoms with E-state index in [1.165, 1.54) is 5.56 Å². The van der Waals surface area contributed by atoms with Gasteiger partial charge in [-0.3, -0.25) is 0 Å². The molecule has 5 nitrogen and oxygen atoms in total. The number of anilines is 1. The lowest BCUT2D eigenvalue weighted by Crippen LogP contribution is -2.17. The Morgan fingerprint density at radius 1 is 1.42 bits per heavy atom. The van der Waals surface area contributed by atoms with Crippen LogP contribution in [0.25, 0.3) is 0 Å². The molecule has 1 aromatic carbocycles. The van der Waals surface area contributed by atoms with E-state index < -0.39 is 0 Å². The predicted octanol–water partition coefficient (Wildman–Crippen LogP) is 3.77. The number of benzene rings is 1. The molecule has 0 saturated carbocycles. The average molecular weight is 348 g/mol. The van der Waals surface area contributed by atoms with E-state index >= 15 is 0 Å². The fraction of sp³-hybridized carbons (Fsp3) is 0.500. The van der Waals surface area contributed by atoms with Crippen LogP contribution in [0.2, 0.25) is 0 Å². The summed E-state index contributed by atoms with van der Waals surface area (Å²) < 4.78 is 16.8. The molecule has 1 saturated heterocycles. The first kappa shape index (κ1) is 17.2. The lowest BCUT2D eigenvalue weighted by molar-refractivity contribution is 0.0682. The van der Waals surface area contributed by atoms with Gasteiger partial charge in [-0.1, -0.05) is 6.07 Å². The second-order valence-corrected chi connectivity index (χ2v) is 6.91. The van der Waals surface area contributed by atoms with Gasteiger partial charge in [0.1, 0.15) is 17.4 Å². The monoisotopic (exact) mass is 348 g/mol. The Balaban J connectivity index is 1.60. The number of aryl methyl sites for hydroxylation is 1. The molecule has 0 aliphatic carbocycles. The molecule has 130 valence electrons. The molecule has 1 aliphatic rings. The van der Waals surface area contributed by atoms with E-state index in [-0.39, 0.29) is 6.10 Å². The Labute approximate surface area is 147 Å². The molecule has 3 rings (SSSR count). The molecule has 1 aliphatic heterocycles. The van der Waals surface area contributed by atoms with Crippen molar-refractivity contribution in [2.45, 2.75) is 39.0 Å². The van der Waals surface area contributed by atoms with Gasteiger partial charge < -0.3 is 19.5 Å². The lowest BCUT2D eigenvalue weighted by Gasteiger charge is -2.16. The molecule has 0 bridgehead atoms. The van der Waals surface area contributed by atoms with Gasteiger partial charge in [-0.2, -0.15) is 0 Å². The number of ether oxygens (including phenoxy) is 3. The van der Waals surface area contributed by atoms with Crippen molar-refractivity contribution in [1.29, 1.82) is 0 Å². The summed E-state index contributed by atoms with van der Waals surface area (Å²) in [5.74, 6) is 0.873. The summed E-state index contributed by atoms with van der Waals surface area (Å²) in [7, 11) is 1.68. The largest absolute Gasteiger partial charge is 0.489 e. The summed E-state index contributed by atoms with van der Waals surface area (Å²) in [6.07, 6.45) is 2.42. The molecule has 1 atom stereocenters. The number of rotatable bonds is 8. The van der Waals surface area contributed by atoms with E-state index in [0.29, 0.717) is 19.8 Å². The normalized spacial score (nSPS) is 17.2. The van der Waals surface area contributed by atoms with Crippen molar-refractivity contribution in [1.82, 2.24) is 4.98 Å². The number of nitrogens with zero attached hydrogens (tertiary/aromatic N) is 1. The van der Waals surface area contributed by atoms with Crippen LogP contribution in [0.4, 0.5) is 5.69 Å². The van der Waals surface area contributed by atoms with E-state index in [0.717, 1.165) is 41.6 Å². The zero-order valence-electron chi connectivity index (χ0n) is 14.2. The van der Waals surface area contributed by atoms with Gasteiger partial charge in [0.05, 0.1) is 30.6 Å². The topological polar surface area (TPSA) is 52.6 Å².